The molecule has 3 amide bonds. The summed E-state index contributed by atoms with van der Waals surface area (Å²) < 4.78 is 5.84. The second-order valence-corrected chi connectivity index (χ2v) is 8.34. The van der Waals surface area contributed by atoms with Crippen molar-refractivity contribution in [1.82, 2.24) is 16.1 Å². The number of carbonyl (C=O) groups excluding carboxylic acids is 3. The number of nitrogens with zero attached hydrogens (tertiary/aromatic N) is 1. The summed E-state index contributed by atoms with van der Waals surface area (Å²) in [5.41, 5.74) is 5.81. The number of ether oxygens (including phenoxy) is 1. The van der Waals surface area contributed by atoms with Gasteiger partial charge in [0.2, 0.25) is 0 Å². The van der Waals surface area contributed by atoms with E-state index >= 15 is 0 Å². The first-order valence-electron chi connectivity index (χ1n) is 10.4. The topological polar surface area (TPSA) is 109 Å². The zero-order chi connectivity index (χ0) is 21.9. The fraction of sp³-hybridized carbons (Fsp3) is 0.545. The number of hydrogen-bond acceptors (Lipinski definition) is 5. The summed E-state index contributed by atoms with van der Waals surface area (Å²) >= 11 is 0. The van der Waals surface area contributed by atoms with Crippen molar-refractivity contribution in [2.75, 3.05) is 7.05 Å². The van der Waals surface area contributed by atoms with Crippen LogP contribution in [0.25, 0.3) is 0 Å². The Morgan fingerprint density at radius 3 is 2.63 bits per heavy atom. The van der Waals surface area contributed by atoms with Gasteiger partial charge in [0.05, 0.1) is 0 Å². The molecule has 1 saturated carbocycles. The summed E-state index contributed by atoms with van der Waals surface area (Å²) in [4.78, 5) is 35.2. The smallest absolute Gasteiger partial charge is 0.428 e. The summed E-state index contributed by atoms with van der Waals surface area (Å²) in [5.74, 6) is -0.890. The fourth-order valence-corrected chi connectivity index (χ4v) is 4.45. The molecule has 0 aromatic heterocycles. The summed E-state index contributed by atoms with van der Waals surface area (Å²) in [6.45, 7) is 6.01. The molecule has 1 fully saturated rings. The normalized spacial score (nSPS) is 24.3. The number of hydrazone groups is 1. The van der Waals surface area contributed by atoms with Gasteiger partial charge in [0.25, 0.3) is 0 Å². The Hall–Kier alpha value is -2.90. The summed E-state index contributed by atoms with van der Waals surface area (Å²) in [7, 11) is 1.43. The number of rotatable bonds is 4. The third-order valence-electron chi connectivity index (χ3n) is 6.25. The maximum absolute atomic E-state index is 12.0. The highest BCUT2D eigenvalue weighted by atomic mass is 16.6. The van der Waals surface area contributed by atoms with Crippen LogP contribution in [0.4, 0.5) is 4.79 Å². The molecular weight excluding hydrogens is 384 g/mol. The molecule has 1 heterocycles. The lowest BCUT2D eigenvalue weighted by Crippen LogP contribution is -2.52. The van der Waals surface area contributed by atoms with Crippen LogP contribution in [-0.4, -0.2) is 42.3 Å². The van der Waals surface area contributed by atoms with E-state index in [-0.39, 0.29) is 6.04 Å². The number of aryl methyl sites for hydroxylation is 1. The minimum atomic E-state index is -0.730. The Morgan fingerprint density at radius 2 is 1.97 bits per heavy atom. The van der Waals surface area contributed by atoms with Crippen molar-refractivity contribution in [3.8, 4) is 0 Å². The fourth-order valence-electron chi connectivity index (χ4n) is 4.45. The molecule has 0 unspecified atom stereocenters. The van der Waals surface area contributed by atoms with Crippen LogP contribution >= 0.6 is 0 Å². The molecule has 1 atom stereocenters. The van der Waals surface area contributed by atoms with Gasteiger partial charge in [-0.25, -0.2) is 10.2 Å². The van der Waals surface area contributed by atoms with Crippen LogP contribution in [0.5, 0.6) is 0 Å². The van der Waals surface area contributed by atoms with Crippen molar-refractivity contribution in [3.05, 3.63) is 34.9 Å². The standard InChI is InChI=1S/C22H30N4O4/c1-13-6-5-7-17(15(13)3)18-22(30-21(29)26-25-18)10-8-16(9-11-22)12-14(2)24-20(28)19(27)23-4/h5-7,14,16H,8-12H2,1-4H3,(H,23,27)(H,24,28)(H,26,29)/t14-,16?,22?/m0/s1. The van der Waals surface area contributed by atoms with Gasteiger partial charge in [-0.15, -0.1) is 0 Å². The van der Waals surface area contributed by atoms with Crippen LogP contribution in [0, 0.1) is 19.8 Å². The first-order chi connectivity index (χ1) is 14.3. The van der Waals surface area contributed by atoms with Gasteiger partial charge in [-0.05, 0) is 69.9 Å². The van der Waals surface area contributed by atoms with Gasteiger partial charge in [-0.2, -0.15) is 5.10 Å². The molecule has 0 radical (unpaired) electrons. The maximum Gasteiger partial charge on any atom is 0.428 e. The predicted molar refractivity (Wildman–Crippen MR) is 113 cm³/mol. The third-order valence-corrected chi connectivity index (χ3v) is 6.25. The molecule has 8 nitrogen and oxygen atoms in total. The van der Waals surface area contributed by atoms with E-state index < -0.39 is 23.5 Å². The minimum Gasteiger partial charge on any atom is -0.435 e. The lowest BCUT2D eigenvalue weighted by Gasteiger charge is -2.42. The summed E-state index contributed by atoms with van der Waals surface area (Å²) in [6.07, 6.45) is 3.28. The quantitative estimate of drug-likeness (QED) is 0.657. The monoisotopic (exact) mass is 414 g/mol. The van der Waals surface area contributed by atoms with Gasteiger partial charge < -0.3 is 15.4 Å². The van der Waals surface area contributed by atoms with Gasteiger partial charge in [-0.3, -0.25) is 9.59 Å². The highest BCUT2D eigenvalue weighted by Crippen LogP contribution is 2.41. The van der Waals surface area contributed by atoms with Crippen molar-refractivity contribution in [3.63, 3.8) is 0 Å². The second-order valence-electron chi connectivity index (χ2n) is 8.34. The molecule has 0 bridgehead atoms. The number of benzene rings is 1. The molecule has 1 spiro atoms. The molecule has 1 aliphatic carbocycles. The lowest BCUT2D eigenvalue weighted by molar-refractivity contribution is -0.139. The molecule has 0 saturated heterocycles. The van der Waals surface area contributed by atoms with E-state index in [0.29, 0.717) is 18.8 Å². The molecule has 1 aromatic carbocycles. The van der Waals surface area contributed by atoms with Gasteiger partial charge in [0.15, 0.2) is 5.60 Å². The minimum absolute atomic E-state index is 0.114. The Labute approximate surface area is 176 Å². The Bertz CT molecular complexity index is 872. The highest BCUT2D eigenvalue weighted by Gasteiger charge is 2.46. The molecule has 3 N–H and O–H groups in total. The molecule has 30 heavy (non-hydrogen) atoms. The van der Waals surface area contributed by atoms with Gasteiger partial charge in [0, 0.05) is 18.7 Å². The predicted octanol–water partition coefficient (Wildman–Crippen LogP) is 2.32. The first kappa shape index (κ1) is 21.8. The van der Waals surface area contributed by atoms with Gasteiger partial charge in [0.1, 0.15) is 5.71 Å². The molecule has 1 aliphatic heterocycles. The third kappa shape index (κ3) is 4.47. The first-order valence-corrected chi connectivity index (χ1v) is 10.4. The highest BCUT2D eigenvalue weighted by molar-refractivity contribution is 6.35. The Kier molecular flexibility index (Phi) is 6.43. The van der Waals surface area contributed by atoms with Gasteiger partial charge >= 0.3 is 17.9 Å². The van der Waals surface area contributed by atoms with Crippen molar-refractivity contribution < 1.29 is 19.1 Å². The van der Waals surface area contributed by atoms with E-state index in [1.54, 1.807) is 0 Å². The molecule has 2 aliphatic rings. The van der Waals surface area contributed by atoms with Crippen molar-refractivity contribution in [2.45, 2.75) is 64.5 Å². The van der Waals surface area contributed by atoms with E-state index in [1.165, 1.54) is 7.05 Å². The average Bonchev–Trinajstić information content (AvgIpc) is 2.71. The van der Waals surface area contributed by atoms with Crippen LogP contribution in [0.15, 0.2) is 23.3 Å². The van der Waals surface area contributed by atoms with Crippen LogP contribution in [0.3, 0.4) is 0 Å². The second kappa shape index (κ2) is 8.85. The zero-order valence-corrected chi connectivity index (χ0v) is 18.0. The number of carbonyl (C=O) groups is 3. The van der Waals surface area contributed by atoms with E-state index in [0.717, 1.165) is 41.7 Å². The van der Waals surface area contributed by atoms with Crippen LogP contribution in [0.2, 0.25) is 0 Å². The lowest BCUT2D eigenvalue weighted by atomic mass is 9.72. The van der Waals surface area contributed by atoms with Crippen LogP contribution in [-0.2, 0) is 14.3 Å². The van der Waals surface area contributed by atoms with E-state index in [9.17, 15) is 14.4 Å². The number of nitrogens with one attached hydrogen (secondary N) is 3. The summed E-state index contributed by atoms with van der Waals surface area (Å²) in [5, 5.41) is 9.47. The van der Waals surface area contributed by atoms with E-state index in [4.69, 9.17) is 4.74 Å². The molecule has 3 rings (SSSR count). The van der Waals surface area contributed by atoms with Gasteiger partial charge in [-0.1, -0.05) is 18.2 Å². The van der Waals surface area contributed by atoms with E-state index in [1.807, 2.05) is 19.1 Å². The molecule has 162 valence electrons. The summed E-state index contributed by atoms with van der Waals surface area (Å²) in [6, 6.07) is 5.95. The van der Waals surface area contributed by atoms with Crippen molar-refractivity contribution >= 4 is 23.6 Å². The average molecular weight is 415 g/mol. The number of amides is 3. The van der Waals surface area contributed by atoms with Crippen molar-refractivity contribution in [2.24, 2.45) is 11.0 Å². The van der Waals surface area contributed by atoms with Crippen molar-refractivity contribution in [1.29, 1.82) is 0 Å². The van der Waals surface area contributed by atoms with Crippen LogP contribution < -0.4 is 16.1 Å². The Balaban J connectivity index is 1.70. The molecule has 8 heteroatoms. The molecule has 1 aromatic rings. The van der Waals surface area contributed by atoms with Crippen LogP contribution in [0.1, 0.15) is 55.7 Å². The largest absolute Gasteiger partial charge is 0.435 e. The SMILES string of the molecule is CNC(=O)C(=O)N[C@@H](C)CC1CCC2(CC1)OC(=O)NN=C2c1cccc(C)c1C. The Morgan fingerprint density at radius 1 is 1.27 bits per heavy atom. The van der Waals surface area contributed by atoms with E-state index in [2.05, 4.69) is 41.1 Å². The number of hydrogen-bond donors (Lipinski definition) is 3. The number of likely N-dealkylation sites (N-methyl/N-ethyl adjacent to an activating group) is 1. The maximum atomic E-state index is 12.0. The zero-order valence-electron chi connectivity index (χ0n) is 18.0. The molecular formula is C22H30N4O4.